The minimum Gasteiger partial charge on any atom is -0.370 e. The van der Waals surface area contributed by atoms with Crippen molar-refractivity contribution in [2.75, 3.05) is 13.1 Å². The van der Waals surface area contributed by atoms with Gasteiger partial charge >= 0.3 is 0 Å². The second-order valence-corrected chi connectivity index (χ2v) is 5.02. The lowest BCUT2D eigenvalue weighted by atomic mass is 9.83. The molecule has 6 nitrogen and oxygen atoms in total. The van der Waals surface area contributed by atoms with Gasteiger partial charge in [0.1, 0.15) is 0 Å². The van der Waals surface area contributed by atoms with Crippen molar-refractivity contribution in [3.05, 3.63) is 0 Å². The Balaban J connectivity index is 3.65. The molecule has 0 spiro atoms. The van der Waals surface area contributed by atoms with E-state index in [0.29, 0.717) is 6.54 Å². The highest BCUT2D eigenvalue weighted by Gasteiger charge is 2.16. The highest BCUT2D eigenvalue weighted by atomic mass is 15.0. The van der Waals surface area contributed by atoms with E-state index >= 15 is 0 Å². The summed E-state index contributed by atoms with van der Waals surface area (Å²) >= 11 is 0. The normalized spacial score (nSPS) is 10.9. The predicted octanol–water partition coefficient (Wildman–Crippen LogP) is 0.329. The lowest BCUT2D eigenvalue weighted by molar-refractivity contribution is 0.293. The molecule has 0 atom stereocenters. The van der Waals surface area contributed by atoms with Crippen LogP contribution in [0.25, 0.3) is 0 Å². The van der Waals surface area contributed by atoms with Gasteiger partial charge in [0.15, 0.2) is 11.9 Å². The van der Waals surface area contributed by atoms with Crippen LogP contribution in [0.15, 0.2) is 4.99 Å². The molecule has 100 valence electrons. The van der Waals surface area contributed by atoms with Crippen molar-refractivity contribution in [2.45, 2.75) is 39.5 Å². The Labute approximate surface area is 104 Å². The van der Waals surface area contributed by atoms with Crippen LogP contribution in [0.4, 0.5) is 0 Å². The smallest absolute Gasteiger partial charge is 0.185 e. The fraction of sp³-hybridized carbons (Fsp3) is 0.818. The molecule has 0 saturated carbocycles. The molecule has 0 aromatic heterocycles. The van der Waals surface area contributed by atoms with Crippen LogP contribution in [-0.2, 0) is 0 Å². The van der Waals surface area contributed by atoms with E-state index in [1.54, 1.807) is 0 Å². The Bertz CT molecular complexity index is 255. The van der Waals surface area contributed by atoms with Crippen LogP contribution in [0.5, 0.6) is 0 Å². The van der Waals surface area contributed by atoms with Gasteiger partial charge in [0.05, 0.1) is 0 Å². The summed E-state index contributed by atoms with van der Waals surface area (Å²) in [5.41, 5.74) is 16.0. The van der Waals surface area contributed by atoms with Crippen molar-refractivity contribution in [2.24, 2.45) is 27.6 Å². The molecule has 0 heterocycles. The van der Waals surface area contributed by atoms with E-state index in [4.69, 9.17) is 22.6 Å². The minimum atomic E-state index is 0.0376. The molecule has 0 fully saturated rings. The average Bonchev–Trinajstić information content (AvgIpc) is 2.19. The van der Waals surface area contributed by atoms with E-state index in [0.717, 1.165) is 32.2 Å². The third-order valence-electron chi connectivity index (χ3n) is 2.65. The number of nitrogens with zero attached hydrogens (tertiary/aromatic N) is 1. The molecule has 0 bridgehead atoms. The third-order valence-corrected chi connectivity index (χ3v) is 2.65. The van der Waals surface area contributed by atoms with Gasteiger partial charge < -0.3 is 22.5 Å². The van der Waals surface area contributed by atoms with Gasteiger partial charge in [-0.2, -0.15) is 0 Å². The van der Waals surface area contributed by atoms with Crippen molar-refractivity contribution >= 4 is 11.9 Å². The van der Waals surface area contributed by atoms with Crippen molar-refractivity contribution in [1.29, 1.82) is 5.41 Å². The van der Waals surface area contributed by atoms with Crippen LogP contribution in [0.2, 0.25) is 0 Å². The molecular formula is C11H26N6. The SMILES string of the molecule is CC(C)(CCCN=C(N)N)CCCNC(=N)N. The van der Waals surface area contributed by atoms with Gasteiger partial charge in [0, 0.05) is 13.1 Å². The highest BCUT2D eigenvalue weighted by Crippen LogP contribution is 2.27. The summed E-state index contributed by atoms with van der Waals surface area (Å²) in [6, 6.07) is 0. The number of rotatable bonds is 8. The maximum atomic E-state index is 7.03. The zero-order valence-electron chi connectivity index (χ0n) is 10.9. The zero-order valence-corrected chi connectivity index (χ0v) is 10.9. The molecule has 0 saturated heterocycles. The van der Waals surface area contributed by atoms with E-state index in [9.17, 15) is 0 Å². The molecule has 0 aliphatic carbocycles. The topological polar surface area (TPSA) is 126 Å². The van der Waals surface area contributed by atoms with Gasteiger partial charge in [-0.15, -0.1) is 0 Å². The number of nitrogens with one attached hydrogen (secondary N) is 2. The molecule has 0 aromatic rings. The van der Waals surface area contributed by atoms with Gasteiger partial charge in [-0.25, -0.2) is 0 Å². The summed E-state index contributed by atoms with van der Waals surface area (Å²) in [6.45, 7) is 5.91. The largest absolute Gasteiger partial charge is 0.370 e. The van der Waals surface area contributed by atoms with E-state index in [-0.39, 0.29) is 17.3 Å². The third kappa shape index (κ3) is 10.8. The zero-order chi connectivity index (χ0) is 13.3. The van der Waals surface area contributed by atoms with Crippen LogP contribution in [0.1, 0.15) is 39.5 Å². The Morgan fingerprint density at radius 2 is 1.76 bits per heavy atom. The van der Waals surface area contributed by atoms with Crippen molar-refractivity contribution in [1.82, 2.24) is 5.32 Å². The van der Waals surface area contributed by atoms with E-state index in [2.05, 4.69) is 24.2 Å². The van der Waals surface area contributed by atoms with E-state index < -0.39 is 0 Å². The molecule has 0 unspecified atom stereocenters. The van der Waals surface area contributed by atoms with Crippen LogP contribution in [0, 0.1) is 10.8 Å². The fourth-order valence-corrected chi connectivity index (χ4v) is 1.68. The highest BCUT2D eigenvalue weighted by molar-refractivity contribution is 5.75. The van der Waals surface area contributed by atoms with Crippen LogP contribution >= 0.6 is 0 Å². The summed E-state index contributed by atoms with van der Waals surface area (Å²) in [5, 5.41) is 9.84. The second kappa shape index (κ2) is 7.76. The van der Waals surface area contributed by atoms with Gasteiger partial charge in [-0.3, -0.25) is 10.4 Å². The summed E-state index contributed by atoms with van der Waals surface area (Å²) in [7, 11) is 0. The quantitative estimate of drug-likeness (QED) is 0.239. The summed E-state index contributed by atoms with van der Waals surface area (Å²) in [5.74, 6) is 0.198. The average molecular weight is 242 g/mol. The van der Waals surface area contributed by atoms with Gasteiger partial charge in [-0.05, 0) is 31.1 Å². The summed E-state index contributed by atoms with van der Waals surface area (Å²) in [6.07, 6.45) is 4.18. The van der Waals surface area contributed by atoms with Crippen LogP contribution in [-0.4, -0.2) is 25.0 Å². The number of nitrogens with two attached hydrogens (primary N) is 3. The Hall–Kier alpha value is -1.46. The monoisotopic (exact) mass is 242 g/mol. The molecule has 8 N–H and O–H groups in total. The van der Waals surface area contributed by atoms with E-state index in [1.165, 1.54) is 0 Å². The minimum absolute atomic E-state index is 0.0376. The van der Waals surface area contributed by atoms with Crippen molar-refractivity contribution < 1.29 is 0 Å². The number of aliphatic imine (C=N–C) groups is 1. The first-order chi connectivity index (χ1) is 7.83. The molecule has 0 aliphatic rings. The first-order valence-corrected chi connectivity index (χ1v) is 5.97. The van der Waals surface area contributed by atoms with Gasteiger partial charge in [0.25, 0.3) is 0 Å². The number of guanidine groups is 2. The molecule has 17 heavy (non-hydrogen) atoms. The molecule has 0 rings (SSSR count). The molecule has 0 amide bonds. The molecule has 0 radical (unpaired) electrons. The molecular weight excluding hydrogens is 216 g/mol. The second-order valence-electron chi connectivity index (χ2n) is 5.02. The first-order valence-electron chi connectivity index (χ1n) is 5.97. The first kappa shape index (κ1) is 15.5. The maximum absolute atomic E-state index is 7.03. The maximum Gasteiger partial charge on any atom is 0.185 e. The Morgan fingerprint density at radius 3 is 2.29 bits per heavy atom. The molecule has 6 heteroatoms. The lowest BCUT2D eigenvalue weighted by Gasteiger charge is -2.24. The van der Waals surface area contributed by atoms with Gasteiger partial charge in [-0.1, -0.05) is 13.8 Å². The lowest BCUT2D eigenvalue weighted by Crippen LogP contribution is -2.31. The van der Waals surface area contributed by atoms with Crippen molar-refractivity contribution in [3.63, 3.8) is 0 Å². The molecule has 0 aliphatic heterocycles. The van der Waals surface area contributed by atoms with Crippen molar-refractivity contribution in [3.8, 4) is 0 Å². The molecule has 0 aromatic carbocycles. The van der Waals surface area contributed by atoms with Gasteiger partial charge in [0.2, 0.25) is 0 Å². The summed E-state index contributed by atoms with van der Waals surface area (Å²) < 4.78 is 0. The number of hydrogen-bond acceptors (Lipinski definition) is 2. The predicted molar refractivity (Wildman–Crippen MR) is 72.8 cm³/mol. The Morgan fingerprint density at radius 1 is 1.18 bits per heavy atom. The van der Waals surface area contributed by atoms with Crippen LogP contribution in [0.3, 0.4) is 0 Å². The van der Waals surface area contributed by atoms with Crippen LogP contribution < -0.4 is 22.5 Å². The van der Waals surface area contributed by atoms with E-state index in [1.807, 2.05) is 0 Å². The Kier molecular flexibility index (Phi) is 7.09. The fourth-order valence-electron chi connectivity index (χ4n) is 1.68. The standard InChI is InChI=1S/C11H26N6/c1-11(2,5-3-7-16-9(12)13)6-4-8-17-10(14)15/h3-8H2,1-2H3,(H4,12,13,16)(H4,14,15,17). The number of hydrogen-bond donors (Lipinski definition) is 5. The summed E-state index contributed by atoms with van der Waals surface area (Å²) in [4.78, 5) is 3.96.